The lowest BCUT2D eigenvalue weighted by molar-refractivity contribution is 0.213. The smallest absolute Gasteiger partial charge is 0.146 e. The van der Waals surface area contributed by atoms with Crippen LogP contribution in [-0.2, 0) is 13.6 Å². The van der Waals surface area contributed by atoms with Gasteiger partial charge in [-0.3, -0.25) is 4.90 Å². The molecule has 1 fully saturated rings. The zero-order valence-electron chi connectivity index (χ0n) is 13.0. The fourth-order valence-corrected chi connectivity index (χ4v) is 1.91. The molecule has 18 heavy (non-hydrogen) atoms. The highest BCUT2D eigenvalue weighted by molar-refractivity contribution is 4.92. The minimum absolute atomic E-state index is 0.956. The van der Waals surface area contributed by atoms with Crippen LogP contribution in [0.1, 0.15) is 58.6 Å². The Balaban J connectivity index is 0.000000659. The van der Waals surface area contributed by atoms with Gasteiger partial charge in [-0.25, -0.2) is 0 Å². The molecule has 1 saturated heterocycles. The summed E-state index contributed by atoms with van der Waals surface area (Å²) in [7, 11) is 2.04. The van der Waals surface area contributed by atoms with Crippen molar-refractivity contribution in [3.63, 3.8) is 0 Å². The fraction of sp³-hybridized carbons (Fsp3) is 0.857. The van der Waals surface area contributed by atoms with Crippen molar-refractivity contribution in [2.24, 2.45) is 7.05 Å². The SMILES string of the molecule is CC.CC.Cc1nnc(CN2CCCCC2)n1C. The van der Waals surface area contributed by atoms with Crippen LogP contribution in [0.4, 0.5) is 0 Å². The number of hydrogen-bond acceptors (Lipinski definition) is 3. The van der Waals surface area contributed by atoms with E-state index in [-0.39, 0.29) is 0 Å². The largest absolute Gasteiger partial charge is 0.317 e. The van der Waals surface area contributed by atoms with Gasteiger partial charge in [0.1, 0.15) is 11.6 Å². The summed E-state index contributed by atoms with van der Waals surface area (Å²) in [5, 5.41) is 8.25. The van der Waals surface area contributed by atoms with Crippen molar-refractivity contribution in [1.82, 2.24) is 19.7 Å². The van der Waals surface area contributed by atoms with Gasteiger partial charge < -0.3 is 4.57 Å². The zero-order chi connectivity index (χ0) is 14.0. The predicted molar refractivity (Wildman–Crippen MR) is 77.6 cm³/mol. The summed E-state index contributed by atoms with van der Waals surface area (Å²) in [6.07, 6.45) is 4.04. The van der Waals surface area contributed by atoms with Gasteiger partial charge in [-0.2, -0.15) is 0 Å². The Labute approximate surface area is 112 Å². The van der Waals surface area contributed by atoms with Crippen molar-refractivity contribution < 1.29 is 0 Å². The van der Waals surface area contributed by atoms with Crippen molar-refractivity contribution in [2.45, 2.75) is 60.4 Å². The second-order valence-electron chi connectivity index (χ2n) is 4.06. The molecule has 1 aliphatic heterocycles. The van der Waals surface area contributed by atoms with Crippen LogP contribution in [0.5, 0.6) is 0 Å². The van der Waals surface area contributed by atoms with Crippen LogP contribution >= 0.6 is 0 Å². The molecule has 0 saturated carbocycles. The van der Waals surface area contributed by atoms with E-state index in [1.165, 1.54) is 32.4 Å². The number of hydrogen-bond donors (Lipinski definition) is 0. The molecule has 0 atom stereocenters. The summed E-state index contributed by atoms with van der Waals surface area (Å²) >= 11 is 0. The Hall–Kier alpha value is -0.900. The number of rotatable bonds is 2. The van der Waals surface area contributed by atoms with E-state index in [9.17, 15) is 0 Å². The third-order valence-electron chi connectivity index (χ3n) is 3.00. The minimum atomic E-state index is 0.956. The molecule has 0 aromatic carbocycles. The first-order valence-corrected chi connectivity index (χ1v) is 7.34. The van der Waals surface area contributed by atoms with Gasteiger partial charge in [-0.1, -0.05) is 34.1 Å². The molecule has 0 aliphatic carbocycles. The number of piperidine rings is 1. The molecule has 0 bridgehead atoms. The molecule has 2 rings (SSSR count). The monoisotopic (exact) mass is 254 g/mol. The average Bonchev–Trinajstić information content (AvgIpc) is 2.76. The van der Waals surface area contributed by atoms with Gasteiger partial charge in [0, 0.05) is 7.05 Å². The summed E-state index contributed by atoms with van der Waals surface area (Å²) < 4.78 is 2.08. The highest BCUT2D eigenvalue weighted by atomic mass is 15.3. The summed E-state index contributed by atoms with van der Waals surface area (Å²) in [6.45, 7) is 13.4. The van der Waals surface area contributed by atoms with Gasteiger partial charge >= 0.3 is 0 Å². The van der Waals surface area contributed by atoms with Crippen LogP contribution in [0.2, 0.25) is 0 Å². The van der Waals surface area contributed by atoms with E-state index in [1.807, 2.05) is 41.7 Å². The van der Waals surface area contributed by atoms with E-state index in [4.69, 9.17) is 0 Å². The Morgan fingerprint density at radius 1 is 0.944 bits per heavy atom. The fourth-order valence-electron chi connectivity index (χ4n) is 1.91. The summed E-state index contributed by atoms with van der Waals surface area (Å²) in [6, 6.07) is 0. The molecule has 0 radical (unpaired) electrons. The van der Waals surface area contributed by atoms with E-state index >= 15 is 0 Å². The Morgan fingerprint density at radius 3 is 1.94 bits per heavy atom. The number of aryl methyl sites for hydroxylation is 1. The molecule has 0 unspecified atom stereocenters. The van der Waals surface area contributed by atoms with Crippen molar-refractivity contribution in [3.8, 4) is 0 Å². The maximum Gasteiger partial charge on any atom is 0.146 e. The lowest BCUT2D eigenvalue weighted by atomic mass is 10.1. The highest BCUT2D eigenvalue weighted by Crippen LogP contribution is 2.11. The number of nitrogens with zero attached hydrogens (tertiary/aromatic N) is 4. The van der Waals surface area contributed by atoms with E-state index in [2.05, 4.69) is 19.7 Å². The zero-order valence-corrected chi connectivity index (χ0v) is 13.0. The Morgan fingerprint density at radius 2 is 1.50 bits per heavy atom. The maximum atomic E-state index is 4.18. The van der Waals surface area contributed by atoms with Crippen molar-refractivity contribution in [2.75, 3.05) is 13.1 Å². The summed E-state index contributed by atoms with van der Waals surface area (Å²) in [5.74, 6) is 2.08. The van der Waals surface area contributed by atoms with Crippen molar-refractivity contribution in [3.05, 3.63) is 11.6 Å². The van der Waals surface area contributed by atoms with Crippen LogP contribution in [0.15, 0.2) is 0 Å². The third-order valence-corrected chi connectivity index (χ3v) is 3.00. The molecule has 2 heterocycles. The minimum Gasteiger partial charge on any atom is -0.317 e. The first-order chi connectivity index (χ1) is 8.77. The molecule has 1 aromatic rings. The van der Waals surface area contributed by atoms with Crippen LogP contribution < -0.4 is 0 Å². The molecule has 4 nitrogen and oxygen atoms in total. The van der Waals surface area contributed by atoms with Gasteiger partial charge in [-0.05, 0) is 32.9 Å². The Kier molecular flexibility index (Phi) is 9.56. The first kappa shape index (κ1) is 17.1. The van der Waals surface area contributed by atoms with Gasteiger partial charge in [0.25, 0.3) is 0 Å². The van der Waals surface area contributed by atoms with Crippen LogP contribution in [0.3, 0.4) is 0 Å². The lowest BCUT2D eigenvalue weighted by Gasteiger charge is -2.25. The quantitative estimate of drug-likeness (QED) is 0.813. The highest BCUT2D eigenvalue weighted by Gasteiger charge is 2.13. The van der Waals surface area contributed by atoms with E-state index in [0.717, 1.165) is 18.2 Å². The number of aromatic nitrogens is 3. The van der Waals surface area contributed by atoms with Crippen LogP contribution in [0.25, 0.3) is 0 Å². The molecule has 0 N–H and O–H groups in total. The van der Waals surface area contributed by atoms with Crippen molar-refractivity contribution >= 4 is 0 Å². The lowest BCUT2D eigenvalue weighted by Crippen LogP contribution is -2.30. The average molecular weight is 254 g/mol. The van der Waals surface area contributed by atoms with Crippen LogP contribution in [-0.4, -0.2) is 32.8 Å². The predicted octanol–water partition coefficient (Wildman–Crippen LogP) is 3.16. The van der Waals surface area contributed by atoms with Gasteiger partial charge in [0.2, 0.25) is 0 Å². The maximum absolute atomic E-state index is 4.18. The molecular formula is C14H30N4. The first-order valence-electron chi connectivity index (χ1n) is 7.34. The van der Waals surface area contributed by atoms with Crippen molar-refractivity contribution in [1.29, 1.82) is 0 Å². The third kappa shape index (κ3) is 5.17. The summed E-state index contributed by atoms with van der Waals surface area (Å²) in [4.78, 5) is 2.47. The van der Waals surface area contributed by atoms with Gasteiger partial charge in [0.05, 0.1) is 6.54 Å². The molecule has 0 spiro atoms. The van der Waals surface area contributed by atoms with E-state index in [0.29, 0.717) is 0 Å². The molecule has 4 heteroatoms. The van der Waals surface area contributed by atoms with Gasteiger partial charge in [0.15, 0.2) is 0 Å². The standard InChI is InChI=1S/C10H18N4.2C2H6/c1-9-11-12-10(13(9)2)8-14-6-4-3-5-7-14;2*1-2/h3-8H2,1-2H3;2*1-2H3. The molecule has 0 amide bonds. The normalized spacial score (nSPS) is 15.2. The van der Waals surface area contributed by atoms with Gasteiger partial charge in [-0.15, -0.1) is 10.2 Å². The topological polar surface area (TPSA) is 34.0 Å². The van der Waals surface area contributed by atoms with E-state index < -0.39 is 0 Å². The summed E-state index contributed by atoms with van der Waals surface area (Å²) in [5.41, 5.74) is 0. The second kappa shape index (κ2) is 10.1. The van der Waals surface area contributed by atoms with E-state index in [1.54, 1.807) is 0 Å². The Bertz CT molecular complexity index is 301. The molecular weight excluding hydrogens is 224 g/mol. The molecule has 1 aliphatic rings. The number of likely N-dealkylation sites (tertiary alicyclic amines) is 1. The molecule has 106 valence electrons. The van der Waals surface area contributed by atoms with Crippen LogP contribution in [0, 0.1) is 6.92 Å². The molecule has 1 aromatic heterocycles. The second-order valence-corrected chi connectivity index (χ2v) is 4.06.